The van der Waals surface area contributed by atoms with Gasteiger partial charge in [0.25, 0.3) is 0 Å². The van der Waals surface area contributed by atoms with Gasteiger partial charge in [-0.25, -0.2) is 0 Å². The van der Waals surface area contributed by atoms with Gasteiger partial charge in [-0.05, 0) is 54.2 Å². The van der Waals surface area contributed by atoms with Gasteiger partial charge in [0.05, 0.1) is 6.20 Å². The Balaban J connectivity index is 1.27. The fourth-order valence-electron chi connectivity index (χ4n) is 5.00. The van der Waals surface area contributed by atoms with Gasteiger partial charge < -0.3 is 9.47 Å². The molecule has 0 N–H and O–H groups in total. The van der Waals surface area contributed by atoms with Gasteiger partial charge in [-0.2, -0.15) is 5.10 Å². The molecule has 2 aliphatic rings. The summed E-state index contributed by atoms with van der Waals surface area (Å²) in [6.07, 6.45) is 11.0. The van der Waals surface area contributed by atoms with Crippen molar-refractivity contribution in [1.29, 1.82) is 0 Å². The van der Waals surface area contributed by atoms with Gasteiger partial charge in [-0.15, -0.1) is 10.2 Å². The minimum atomic E-state index is 0.474. The Labute approximate surface area is 166 Å². The first-order chi connectivity index (χ1) is 13.6. The minimum Gasteiger partial charge on any atom is -0.341 e. The molecule has 1 fully saturated rings. The van der Waals surface area contributed by atoms with Crippen molar-refractivity contribution >= 4 is 5.95 Å². The van der Waals surface area contributed by atoms with Crippen molar-refractivity contribution < 1.29 is 0 Å². The molecule has 5 rings (SSSR count). The maximum absolute atomic E-state index is 4.52. The third kappa shape index (κ3) is 3.11. The lowest BCUT2D eigenvalue weighted by molar-refractivity contribution is 0.186. The molecule has 6 heteroatoms. The zero-order valence-electron chi connectivity index (χ0n) is 16.8. The lowest BCUT2D eigenvalue weighted by Gasteiger charge is -2.45. The number of benzene rings is 1. The highest BCUT2D eigenvalue weighted by Crippen LogP contribution is 2.43. The van der Waals surface area contributed by atoms with Crippen molar-refractivity contribution in [3.8, 4) is 0 Å². The first kappa shape index (κ1) is 17.5. The van der Waals surface area contributed by atoms with Crippen LogP contribution in [0.4, 0.5) is 5.95 Å². The largest absolute Gasteiger partial charge is 0.341 e. The summed E-state index contributed by atoms with van der Waals surface area (Å²) in [5.41, 5.74) is 4.77. The third-order valence-electron chi connectivity index (χ3n) is 6.78. The van der Waals surface area contributed by atoms with Gasteiger partial charge in [0.1, 0.15) is 5.82 Å². The SMILES string of the molecule is Cn1cc(Cc2nnc(N3CCC4(CCc5ccccc5C4)CC3)n2C)cn1. The van der Waals surface area contributed by atoms with Gasteiger partial charge in [-0.3, -0.25) is 4.68 Å². The first-order valence-electron chi connectivity index (χ1n) is 10.3. The van der Waals surface area contributed by atoms with E-state index in [1.807, 2.05) is 24.1 Å². The molecule has 1 aliphatic heterocycles. The van der Waals surface area contributed by atoms with Gasteiger partial charge in [0, 0.05) is 39.8 Å². The molecule has 0 radical (unpaired) electrons. The number of anilines is 1. The van der Waals surface area contributed by atoms with Crippen molar-refractivity contribution in [2.45, 2.75) is 38.5 Å². The Kier molecular flexibility index (Phi) is 4.22. The summed E-state index contributed by atoms with van der Waals surface area (Å²) < 4.78 is 3.99. The molecule has 3 heterocycles. The number of hydrogen-bond acceptors (Lipinski definition) is 4. The van der Waals surface area contributed by atoms with Crippen molar-refractivity contribution in [3.63, 3.8) is 0 Å². The Hall–Kier alpha value is -2.63. The quantitative estimate of drug-likeness (QED) is 0.705. The summed E-state index contributed by atoms with van der Waals surface area (Å²) >= 11 is 0. The maximum Gasteiger partial charge on any atom is 0.226 e. The standard InChI is InChI=1S/C22H28N6/c1-26-16-17(15-23-26)13-20-24-25-21(27(20)2)28-11-9-22(10-12-28)8-7-18-5-3-4-6-19(18)14-22/h3-6,15-16H,7-14H2,1-2H3. The van der Waals surface area contributed by atoms with Crippen LogP contribution in [0, 0.1) is 5.41 Å². The Morgan fingerprint density at radius 2 is 1.79 bits per heavy atom. The van der Waals surface area contributed by atoms with Crippen LogP contribution in [0.15, 0.2) is 36.7 Å². The summed E-state index contributed by atoms with van der Waals surface area (Å²) in [4.78, 5) is 2.42. The van der Waals surface area contributed by atoms with Crippen molar-refractivity contribution in [3.05, 3.63) is 59.2 Å². The molecule has 1 saturated heterocycles. The summed E-state index contributed by atoms with van der Waals surface area (Å²) in [5.74, 6) is 2.00. The van der Waals surface area contributed by atoms with Crippen molar-refractivity contribution in [1.82, 2.24) is 24.5 Å². The van der Waals surface area contributed by atoms with Gasteiger partial charge >= 0.3 is 0 Å². The summed E-state index contributed by atoms with van der Waals surface area (Å²) in [5, 5.41) is 13.2. The Morgan fingerprint density at radius 3 is 2.54 bits per heavy atom. The van der Waals surface area contributed by atoms with Crippen LogP contribution in [0.25, 0.3) is 0 Å². The number of rotatable bonds is 3. The van der Waals surface area contributed by atoms with Crippen LogP contribution < -0.4 is 4.90 Å². The van der Waals surface area contributed by atoms with Crippen LogP contribution in [-0.4, -0.2) is 37.6 Å². The Morgan fingerprint density at radius 1 is 1.00 bits per heavy atom. The molecule has 6 nitrogen and oxygen atoms in total. The highest BCUT2D eigenvalue weighted by atomic mass is 15.4. The highest BCUT2D eigenvalue weighted by Gasteiger charge is 2.38. The number of nitrogens with zero attached hydrogens (tertiary/aromatic N) is 6. The molecule has 0 saturated carbocycles. The molecule has 0 atom stereocenters. The summed E-state index contributed by atoms with van der Waals surface area (Å²) in [6, 6.07) is 9.00. The van der Waals surface area contributed by atoms with Gasteiger partial charge in [0.15, 0.2) is 0 Å². The molecule has 1 spiro atoms. The molecular formula is C22H28N6. The summed E-state index contributed by atoms with van der Waals surface area (Å²) in [6.45, 7) is 2.14. The lowest BCUT2D eigenvalue weighted by atomic mass is 9.66. The maximum atomic E-state index is 4.52. The minimum absolute atomic E-state index is 0.474. The predicted octanol–water partition coefficient (Wildman–Crippen LogP) is 2.91. The van der Waals surface area contributed by atoms with E-state index in [1.54, 1.807) is 11.1 Å². The fourth-order valence-corrected chi connectivity index (χ4v) is 5.00. The molecule has 146 valence electrons. The molecular weight excluding hydrogens is 348 g/mol. The Bertz CT molecular complexity index is 977. The van der Waals surface area contributed by atoms with E-state index < -0.39 is 0 Å². The van der Waals surface area contributed by atoms with Crippen LogP contribution >= 0.6 is 0 Å². The van der Waals surface area contributed by atoms with Crippen LogP contribution in [0.5, 0.6) is 0 Å². The molecule has 1 aliphatic carbocycles. The van der Waals surface area contributed by atoms with Crippen LogP contribution in [0.1, 0.15) is 41.8 Å². The molecule has 28 heavy (non-hydrogen) atoms. The molecule has 0 bridgehead atoms. The van der Waals surface area contributed by atoms with Crippen LogP contribution in [0.2, 0.25) is 0 Å². The fraction of sp³-hybridized carbons (Fsp3) is 0.500. The number of hydrogen-bond donors (Lipinski definition) is 0. The number of fused-ring (bicyclic) bond motifs is 1. The second kappa shape index (κ2) is 6.76. The lowest BCUT2D eigenvalue weighted by Crippen LogP contribution is -2.43. The molecule has 0 amide bonds. The number of aryl methyl sites for hydroxylation is 2. The van der Waals surface area contributed by atoms with E-state index in [2.05, 4.69) is 56.1 Å². The van der Waals surface area contributed by atoms with E-state index in [1.165, 1.54) is 37.7 Å². The average molecular weight is 377 g/mol. The number of aromatic nitrogens is 5. The second-order valence-corrected chi connectivity index (χ2v) is 8.61. The smallest absolute Gasteiger partial charge is 0.226 e. The zero-order chi connectivity index (χ0) is 19.1. The van der Waals surface area contributed by atoms with E-state index in [0.29, 0.717) is 5.41 Å². The van der Waals surface area contributed by atoms with Gasteiger partial charge in [-0.1, -0.05) is 24.3 Å². The number of piperidine rings is 1. The van der Waals surface area contributed by atoms with Crippen LogP contribution in [0.3, 0.4) is 0 Å². The third-order valence-corrected chi connectivity index (χ3v) is 6.78. The highest BCUT2D eigenvalue weighted by molar-refractivity contribution is 5.35. The second-order valence-electron chi connectivity index (χ2n) is 8.61. The van der Waals surface area contributed by atoms with E-state index in [-0.39, 0.29) is 0 Å². The predicted molar refractivity (Wildman–Crippen MR) is 109 cm³/mol. The zero-order valence-corrected chi connectivity index (χ0v) is 16.8. The van der Waals surface area contributed by atoms with Crippen LogP contribution in [-0.2, 0) is 33.4 Å². The molecule has 2 aromatic heterocycles. The van der Waals surface area contributed by atoms with E-state index in [0.717, 1.165) is 31.3 Å². The van der Waals surface area contributed by atoms with Gasteiger partial charge in [0.2, 0.25) is 5.95 Å². The topological polar surface area (TPSA) is 51.8 Å². The van der Waals surface area contributed by atoms with Crippen molar-refractivity contribution in [2.75, 3.05) is 18.0 Å². The molecule has 0 unspecified atom stereocenters. The monoisotopic (exact) mass is 376 g/mol. The normalized spacial score (nSPS) is 18.4. The first-order valence-corrected chi connectivity index (χ1v) is 10.3. The van der Waals surface area contributed by atoms with E-state index in [4.69, 9.17) is 0 Å². The van der Waals surface area contributed by atoms with Crippen molar-refractivity contribution in [2.24, 2.45) is 19.5 Å². The van der Waals surface area contributed by atoms with E-state index >= 15 is 0 Å². The molecule has 3 aromatic rings. The molecule has 1 aromatic carbocycles. The van der Waals surface area contributed by atoms with E-state index in [9.17, 15) is 0 Å². The average Bonchev–Trinajstić information content (AvgIpc) is 3.28. The summed E-state index contributed by atoms with van der Waals surface area (Å²) in [7, 11) is 4.03.